The minimum absolute atomic E-state index is 0.189. The lowest BCUT2D eigenvalue weighted by molar-refractivity contribution is -0.136. The lowest BCUT2D eigenvalue weighted by Gasteiger charge is -2.40. The Morgan fingerprint density at radius 2 is 1.81 bits per heavy atom. The fourth-order valence-electron chi connectivity index (χ4n) is 3.68. The molecule has 0 saturated carbocycles. The van der Waals surface area contributed by atoms with Crippen molar-refractivity contribution in [2.24, 2.45) is 7.05 Å². The van der Waals surface area contributed by atoms with Gasteiger partial charge in [-0.1, -0.05) is 11.8 Å². The van der Waals surface area contributed by atoms with Crippen molar-refractivity contribution in [3.05, 3.63) is 24.3 Å². The van der Waals surface area contributed by atoms with Gasteiger partial charge in [-0.25, -0.2) is 0 Å². The van der Waals surface area contributed by atoms with Gasteiger partial charge in [-0.3, -0.25) is 4.79 Å². The average molecular weight is 389 g/mol. The number of thioether (sulfide) groups is 1. The van der Waals surface area contributed by atoms with Crippen LogP contribution in [0.2, 0.25) is 0 Å². The lowest BCUT2D eigenvalue weighted by Crippen LogP contribution is -2.50. The topological polar surface area (TPSA) is 60.3 Å². The normalized spacial score (nSPS) is 21.1. The zero-order valence-electron chi connectivity index (χ0n) is 16.7. The van der Waals surface area contributed by atoms with Gasteiger partial charge in [0, 0.05) is 24.7 Å². The van der Waals surface area contributed by atoms with E-state index in [2.05, 4.69) is 28.9 Å². The van der Waals surface area contributed by atoms with Gasteiger partial charge in [0.1, 0.15) is 5.75 Å². The molecule has 0 spiro atoms. The van der Waals surface area contributed by atoms with E-state index in [-0.39, 0.29) is 11.2 Å². The van der Waals surface area contributed by atoms with E-state index in [4.69, 9.17) is 4.74 Å². The van der Waals surface area contributed by atoms with Crippen LogP contribution in [0.3, 0.4) is 0 Å². The van der Waals surface area contributed by atoms with Crippen LogP contribution < -0.4 is 4.74 Å². The van der Waals surface area contributed by atoms with E-state index in [9.17, 15) is 4.79 Å². The molecule has 0 unspecified atom stereocenters. The second-order valence-corrected chi connectivity index (χ2v) is 8.54. The highest BCUT2D eigenvalue weighted by Gasteiger charge is 2.32. The van der Waals surface area contributed by atoms with Crippen molar-refractivity contribution in [3.63, 3.8) is 0 Å². The summed E-state index contributed by atoms with van der Waals surface area (Å²) in [5.74, 6) is 1.77. The first kappa shape index (κ1) is 19.7. The van der Waals surface area contributed by atoms with Crippen molar-refractivity contribution in [2.45, 2.75) is 62.5 Å². The predicted octanol–water partition coefficient (Wildman–Crippen LogP) is 3.76. The Morgan fingerprint density at radius 3 is 2.41 bits per heavy atom. The maximum atomic E-state index is 13.0. The molecule has 0 N–H and O–H groups in total. The standard InChI is InChI=1S/C20H28N4O2S/c1-13-7-6-8-14(2)24(13)19(25)15(3)27-20-22-21-18(23(20)4)16-9-11-17(26-5)12-10-16/h9-15H,6-8H2,1-5H3/t13-,14-,15+/m0/s1. The zero-order chi connectivity index (χ0) is 19.6. The molecule has 1 saturated heterocycles. The van der Waals surface area contributed by atoms with Crippen molar-refractivity contribution >= 4 is 17.7 Å². The zero-order valence-corrected chi connectivity index (χ0v) is 17.5. The van der Waals surface area contributed by atoms with Gasteiger partial charge in [0.05, 0.1) is 12.4 Å². The molecule has 1 amide bonds. The minimum atomic E-state index is -0.195. The Kier molecular flexibility index (Phi) is 6.09. The van der Waals surface area contributed by atoms with Gasteiger partial charge in [-0.15, -0.1) is 10.2 Å². The van der Waals surface area contributed by atoms with Crippen LogP contribution in [-0.2, 0) is 11.8 Å². The summed E-state index contributed by atoms with van der Waals surface area (Å²) >= 11 is 1.47. The summed E-state index contributed by atoms with van der Waals surface area (Å²) in [6, 6.07) is 8.34. The van der Waals surface area contributed by atoms with Crippen LogP contribution in [0, 0.1) is 0 Å². The SMILES string of the molecule is COc1ccc(-c2nnc(S[C@H](C)C(=O)N3[C@@H](C)CCC[C@@H]3C)n2C)cc1. The van der Waals surface area contributed by atoms with E-state index in [1.54, 1.807) is 7.11 Å². The molecule has 3 atom stereocenters. The van der Waals surface area contributed by atoms with Gasteiger partial charge in [0.25, 0.3) is 0 Å². The Bertz CT molecular complexity index is 780. The quantitative estimate of drug-likeness (QED) is 0.730. The maximum Gasteiger partial charge on any atom is 0.236 e. The Balaban J connectivity index is 1.73. The van der Waals surface area contributed by atoms with Crippen molar-refractivity contribution < 1.29 is 9.53 Å². The number of hydrogen-bond donors (Lipinski definition) is 0. The fourth-order valence-corrected chi connectivity index (χ4v) is 4.55. The molecule has 3 rings (SSSR count). The van der Waals surface area contributed by atoms with E-state index in [0.717, 1.165) is 35.1 Å². The van der Waals surface area contributed by atoms with Crippen molar-refractivity contribution in [1.82, 2.24) is 19.7 Å². The van der Waals surface area contributed by atoms with Gasteiger partial charge in [0.15, 0.2) is 11.0 Å². The third-order valence-corrected chi connectivity index (χ3v) is 6.38. The first-order valence-corrected chi connectivity index (χ1v) is 10.3. The van der Waals surface area contributed by atoms with Gasteiger partial charge in [-0.2, -0.15) is 0 Å². The number of carbonyl (C=O) groups is 1. The summed E-state index contributed by atoms with van der Waals surface area (Å²) in [6.45, 7) is 6.26. The van der Waals surface area contributed by atoms with Crippen LogP contribution in [0.25, 0.3) is 11.4 Å². The lowest BCUT2D eigenvalue weighted by atomic mass is 9.97. The average Bonchev–Trinajstić information content (AvgIpc) is 3.02. The molecule has 2 aromatic rings. The molecule has 0 aliphatic carbocycles. The van der Waals surface area contributed by atoms with Gasteiger partial charge >= 0.3 is 0 Å². The van der Waals surface area contributed by atoms with Crippen LogP contribution >= 0.6 is 11.8 Å². The first-order chi connectivity index (χ1) is 12.9. The van der Waals surface area contributed by atoms with Crippen molar-refractivity contribution in [2.75, 3.05) is 7.11 Å². The Hall–Kier alpha value is -2.02. The molecule has 1 aromatic heterocycles. The highest BCUT2D eigenvalue weighted by molar-refractivity contribution is 8.00. The van der Waals surface area contributed by atoms with E-state index in [1.807, 2.05) is 42.8 Å². The highest BCUT2D eigenvalue weighted by Crippen LogP contribution is 2.30. The second kappa shape index (κ2) is 8.33. The third-order valence-electron chi connectivity index (χ3n) is 5.26. The van der Waals surface area contributed by atoms with Crippen LogP contribution in [0.5, 0.6) is 5.75 Å². The summed E-state index contributed by atoms with van der Waals surface area (Å²) in [7, 11) is 3.58. The number of amides is 1. The molecule has 1 aliphatic heterocycles. The van der Waals surface area contributed by atoms with Crippen molar-refractivity contribution in [1.29, 1.82) is 0 Å². The molecule has 6 nitrogen and oxygen atoms in total. The number of methoxy groups -OCH3 is 1. The molecule has 27 heavy (non-hydrogen) atoms. The maximum absolute atomic E-state index is 13.0. The Morgan fingerprint density at radius 1 is 1.19 bits per heavy atom. The molecule has 1 fully saturated rings. The van der Waals surface area contributed by atoms with E-state index in [0.29, 0.717) is 12.1 Å². The number of nitrogens with zero attached hydrogens (tertiary/aromatic N) is 4. The third kappa shape index (κ3) is 4.13. The summed E-state index contributed by atoms with van der Waals surface area (Å²) in [5.41, 5.74) is 0.968. The number of aromatic nitrogens is 3. The summed E-state index contributed by atoms with van der Waals surface area (Å²) in [5, 5.41) is 9.19. The van der Waals surface area contributed by atoms with Crippen LogP contribution in [-0.4, -0.2) is 50.0 Å². The van der Waals surface area contributed by atoms with Gasteiger partial charge in [-0.05, 0) is 64.3 Å². The molecule has 1 aliphatic rings. The van der Waals surface area contributed by atoms with Crippen LogP contribution in [0.15, 0.2) is 29.4 Å². The summed E-state index contributed by atoms with van der Waals surface area (Å²) in [4.78, 5) is 15.1. The number of rotatable bonds is 5. The predicted molar refractivity (Wildman–Crippen MR) is 108 cm³/mol. The number of hydrogen-bond acceptors (Lipinski definition) is 5. The van der Waals surface area contributed by atoms with E-state index < -0.39 is 0 Å². The van der Waals surface area contributed by atoms with Crippen molar-refractivity contribution in [3.8, 4) is 17.1 Å². The van der Waals surface area contributed by atoms with E-state index >= 15 is 0 Å². The van der Waals surface area contributed by atoms with Gasteiger partial charge < -0.3 is 14.2 Å². The minimum Gasteiger partial charge on any atom is -0.497 e. The fraction of sp³-hybridized carbons (Fsp3) is 0.550. The first-order valence-electron chi connectivity index (χ1n) is 9.45. The second-order valence-electron chi connectivity index (χ2n) is 7.23. The summed E-state index contributed by atoms with van der Waals surface area (Å²) in [6.07, 6.45) is 3.36. The molecule has 1 aromatic carbocycles. The molecular weight excluding hydrogens is 360 g/mol. The monoisotopic (exact) mass is 388 g/mol. The van der Waals surface area contributed by atoms with Gasteiger partial charge in [0.2, 0.25) is 5.91 Å². The molecular formula is C20H28N4O2S. The highest BCUT2D eigenvalue weighted by atomic mass is 32.2. The molecule has 7 heteroatoms. The number of carbonyl (C=O) groups excluding carboxylic acids is 1. The van der Waals surface area contributed by atoms with Crippen LogP contribution in [0.1, 0.15) is 40.0 Å². The number of benzene rings is 1. The molecule has 0 bridgehead atoms. The Labute approximate surface area is 165 Å². The largest absolute Gasteiger partial charge is 0.497 e. The van der Waals surface area contributed by atoms with Crippen LogP contribution in [0.4, 0.5) is 0 Å². The summed E-state index contributed by atoms with van der Waals surface area (Å²) < 4.78 is 7.15. The number of likely N-dealkylation sites (tertiary alicyclic amines) is 1. The smallest absolute Gasteiger partial charge is 0.236 e. The molecule has 146 valence electrons. The molecule has 2 heterocycles. The number of piperidine rings is 1. The van der Waals surface area contributed by atoms with E-state index in [1.165, 1.54) is 18.2 Å². The number of ether oxygens (including phenoxy) is 1. The molecule has 0 radical (unpaired) electrons.